The van der Waals surface area contributed by atoms with E-state index in [-0.39, 0.29) is 17.5 Å². The van der Waals surface area contributed by atoms with Gasteiger partial charge in [0.25, 0.3) is 5.91 Å². The molecule has 0 aliphatic carbocycles. The van der Waals surface area contributed by atoms with Crippen molar-refractivity contribution in [2.24, 2.45) is 0 Å². The second kappa shape index (κ2) is 9.50. The Morgan fingerprint density at radius 3 is 2.15 bits per heavy atom. The van der Waals surface area contributed by atoms with Crippen LogP contribution in [0.2, 0.25) is 0 Å². The van der Waals surface area contributed by atoms with Crippen molar-refractivity contribution in [2.45, 2.75) is 33.6 Å². The highest BCUT2D eigenvalue weighted by Gasteiger charge is 2.12. The smallest absolute Gasteiger partial charge is 0.276 e. The molecular formula is C19H25N5O2. The van der Waals surface area contributed by atoms with Crippen LogP contribution >= 0.6 is 0 Å². The van der Waals surface area contributed by atoms with Gasteiger partial charge in [-0.2, -0.15) is 0 Å². The van der Waals surface area contributed by atoms with Crippen LogP contribution in [0.3, 0.4) is 0 Å². The van der Waals surface area contributed by atoms with Crippen LogP contribution in [0, 0.1) is 0 Å². The monoisotopic (exact) mass is 355 g/mol. The average Bonchev–Trinajstić information content (AvgIpc) is 2.61. The molecule has 2 aromatic rings. The van der Waals surface area contributed by atoms with Gasteiger partial charge in [0.05, 0.1) is 0 Å². The number of hydrogen-bond acceptors (Lipinski definition) is 5. The summed E-state index contributed by atoms with van der Waals surface area (Å²) in [5, 5.41) is 13.7. The maximum atomic E-state index is 12.4. The van der Waals surface area contributed by atoms with Crippen molar-refractivity contribution in [1.29, 1.82) is 0 Å². The first-order valence-electron chi connectivity index (χ1n) is 8.81. The molecule has 0 fully saturated rings. The van der Waals surface area contributed by atoms with Crippen LogP contribution in [0.4, 0.5) is 17.2 Å². The molecule has 26 heavy (non-hydrogen) atoms. The molecular weight excluding hydrogens is 330 g/mol. The topological polar surface area (TPSA) is 87.2 Å². The van der Waals surface area contributed by atoms with Crippen molar-refractivity contribution in [3.63, 3.8) is 0 Å². The molecule has 1 aromatic carbocycles. The highest BCUT2D eigenvalue weighted by atomic mass is 16.2. The normalized spacial score (nSPS) is 10.3. The van der Waals surface area contributed by atoms with Crippen LogP contribution in [0.5, 0.6) is 0 Å². The van der Waals surface area contributed by atoms with Gasteiger partial charge in [0.15, 0.2) is 11.5 Å². The Labute approximate surface area is 153 Å². The quantitative estimate of drug-likeness (QED) is 0.758. The van der Waals surface area contributed by atoms with Gasteiger partial charge in [0, 0.05) is 31.4 Å². The molecule has 7 nitrogen and oxygen atoms in total. The molecule has 0 bridgehead atoms. The molecule has 0 aliphatic heterocycles. The summed E-state index contributed by atoms with van der Waals surface area (Å²) < 4.78 is 0. The van der Waals surface area contributed by atoms with E-state index in [1.807, 2.05) is 6.07 Å². The fraction of sp³-hybridized carbons (Fsp3) is 0.368. The first kappa shape index (κ1) is 19.4. The summed E-state index contributed by atoms with van der Waals surface area (Å²) in [4.78, 5) is 25.7. The van der Waals surface area contributed by atoms with E-state index in [2.05, 4.69) is 39.6 Å². The molecule has 0 radical (unpaired) electrons. The van der Waals surface area contributed by atoms with Crippen molar-refractivity contribution in [1.82, 2.24) is 10.2 Å². The molecule has 0 saturated carbocycles. The first-order valence-corrected chi connectivity index (χ1v) is 8.81. The Hall–Kier alpha value is -2.96. The molecule has 2 amide bonds. The lowest BCUT2D eigenvalue weighted by molar-refractivity contribution is -0.114. The van der Waals surface area contributed by atoms with Crippen LogP contribution in [0.15, 0.2) is 36.4 Å². The number of nitrogens with one attached hydrogen (secondary N) is 2. The van der Waals surface area contributed by atoms with Gasteiger partial charge in [-0.15, -0.1) is 10.2 Å². The Morgan fingerprint density at radius 1 is 0.962 bits per heavy atom. The minimum Gasteiger partial charge on any atom is -0.355 e. The Balaban J connectivity index is 2.07. The van der Waals surface area contributed by atoms with Gasteiger partial charge in [-0.25, -0.2) is 0 Å². The molecule has 138 valence electrons. The van der Waals surface area contributed by atoms with Crippen molar-refractivity contribution in [2.75, 3.05) is 28.6 Å². The van der Waals surface area contributed by atoms with Crippen molar-refractivity contribution in [3.8, 4) is 0 Å². The second-order valence-corrected chi connectivity index (χ2v) is 5.98. The zero-order valence-electron chi connectivity index (χ0n) is 15.5. The molecule has 0 saturated heterocycles. The first-order chi connectivity index (χ1) is 12.5. The molecule has 0 unspecified atom stereocenters. The minimum absolute atomic E-state index is 0.168. The van der Waals surface area contributed by atoms with E-state index in [9.17, 15) is 9.59 Å². The lowest BCUT2D eigenvalue weighted by atomic mass is 10.2. The van der Waals surface area contributed by atoms with Crippen molar-refractivity contribution in [3.05, 3.63) is 42.1 Å². The number of carbonyl (C=O) groups is 2. The van der Waals surface area contributed by atoms with Crippen LogP contribution < -0.4 is 15.5 Å². The van der Waals surface area contributed by atoms with Gasteiger partial charge < -0.3 is 15.5 Å². The highest BCUT2D eigenvalue weighted by molar-refractivity contribution is 6.03. The standard InChI is InChI=1S/C19H25N5O2/c1-4-11-24(12-5-2)18-10-9-17(22-23-18)19(26)21-16-8-6-7-15(13-16)20-14(3)25/h6-10,13H,4-5,11-12H2,1-3H3,(H,20,25)(H,21,26). The zero-order chi connectivity index (χ0) is 18.9. The SMILES string of the molecule is CCCN(CCC)c1ccc(C(=O)Nc2cccc(NC(C)=O)c2)nn1. The molecule has 2 rings (SSSR count). The second-order valence-electron chi connectivity index (χ2n) is 5.98. The van der Waals surface area contributed by atoms with Gasteiger partial charge in [0.2, 0.25) is 5.91 Å². The summed E-state index contributed by atoms with van der Waals surface area (Å²) in [7, 11) is 0. The third kappa shape index (κ3) is 5.54. The summed E-state index contributed by atoms with van der Waals surface area (Å²) in [6.07, 6.45) is 2.04. The molecule has 1 aromatic heterocycles. The molecule has 0 aliphatic rings. The van der Waals surface area contributed by atoms with E-state index in [0.717, 1.165) is 31.7 Å². The number of anilines is 3. The molecule has 1 heterocycles. The predicted molar refractivity (Wildman–Crippen MR) is 104 cm³/mol. The predicted octanol–water partition coefficient (Wildman–Crippen LogP) is 3.31. The number of benzene rings is 1. The summed E-state index contributed by atoms with van der Waals surface area (Å²) in [5.74, 6) is 0.262. The number of aromatic nitrogens is 2. The number of hydrogen-bond donors (Lipinski definition) is 2. The van der Waals surface area contributed by atoms with E-state index in [1.165, 1.54) is 6.92 Å². The lowest BCUT2D eigenvalue weighted by Crippen LogP contribution is -2.26. The molecule has 7 heteroatoms. The van der Waals surface area contributed by atoms with Crippen LogP contribution in [-0.2, 0) is 4.79 Å². The average molecular weight is 355 g/mol. The number of rotatable bonds is 8. The summed E-state index contributed by atoms with van der Waals surface area (Å²) in [6, 6.07) is 10.4. The summed E-state index contributed by atoms with van der Waals surface area (Å²) >= 11 is 0. The van der Waals surface area contributed by atoms with Crippen molar-refractivity contribution < 1.29 is 9.59 Å². The molecule has 0 spiro atoms. The van der Waals surface area contributed by atoms with Crippen LogP contribution in [0.25, 0.3) is 0 Å². The lowest BCUT2D eigenvalue weighted by Gasteiger charge is -2.21. The van der Waals surface area contributed by atoms with E-state index in [1.54, 1.807) is 30.3 Å². The van der Waals surface area contributed by atoms with E-state index < -0.39 is 0 Å². The fourth-order valence-corrected chi connectivity index (χ4v) is 2.57. The molecule has 2 N–H and O–H groups in total. The van der Waals surface area contributed by atoms with E-state index >= 15 is 0 Å². The summed E-state index contributed by atoms with van der Waals surface area (Å²) in [6.45, 7) is 7.48. The minimum atomic E-state index is -0.346. The van der Waals surface area contributed by atoms with Gasteiger partial charge in [-0.3, -0.25) is 9.59 Å². The van der Waals surface area contributed by atoms with Crippen LogP contribution in [-0.4, -0.2) is 35.1 Å². The van der Waals surface area contributed by atoms with E-state index in [4.69, 9.17) is 0 Å². The maximum Gasteiger partial charge on any atom is 0.276 e. The summed E-state index contributed by atoms with van der Waals surface area (Å²) in [5.41, 5.74) is 1.43. The Bertz CT molecular complexity index is 740. The van der Waals surface area contributed by atoms with E-state index in [0.29, 0.717) is 11.4 Å². The maximum absolute atomic E-state index is 12.4. The number of nitrogens with zero attached hydrogens (tertiary/aromatic N) is 3. The fourth-order valence-electron chi connectivity index (χ4n) is 2.57. The van der Waals surface area contributed by atoms with Gasteiger partial charge >= 0.3 is 0 Å². The Morgan fingerprint density at radius 2 is 1.62 bits per heavy atom. The van der Waals surface area contributed by atoms with Crippen molar-refractivity contribution >= 4 is 29.0 Å². The Kier molecular flexibility index (Phi) is 7.08. The van der Waals surface area contributed by atoms with Gasteiger partial charge in [0.1, 0.15) is 0 Å². The van der Waals surface area contributed by atoms with Crippen LogP contribution in [0.1, 0.15) is 44.1 Å². The number of carbonyl (C=O) groups excluding carboxylic acids is 2. The van der Waals surface area contributed by atoms with Gasteiger partial charge in [-0.05, 0) is 43.2 Å². The number of amides is 2. The largest absolute Gasteiger partial charge is 0.355 e. The van der Waals surface area contributed by atoms with Gasteiger partial charge in [-0.1, -0.05) is 19.9 Å². The molecule has 0 atom stereocenters. The third-order valence-corrected chi connectivity index (χ3v) is 3.63. The highest BCUT2D eigenvalue weighted by Crippen LogP contribution is 2.16. The zero-order valence-corrected chi connectivity index (χ0v) is 15.5. The third-order valence-electron chi connectivity index (χ3n) is 3.63.